The number of rotatable bonds is 3. The Morgan fingerprint density at radius 1 is 1.42 bits per heavy atom. The SMILES string of the molecule is CN(C)C(C)(C)Cn1ccc2c1CC(C)(C)CC2N. The van der Waals surface area contributed by atoms with Crippen molar-refractivity contribution in [1.82, 2.24) is 9.47 Å². The largest absolute Gasteiger partial charge is 0.349 e. The molecule has 1 unspecified atom stereocenters. The fourth-order valence-electron chi connectivity index (χ4n) is 3.00. The highest BCUT2D eigenvalue weighted by atomic mass is 15.2. The van der Waals surface area contributed by atoms with E-state index < -0.39 is 0 Å². The number of nitrogens with two attached hydrogens (primary N) is 1. The maximum atomic E-state index is 6.34. The predicted octanol–water partition coefficient (Wildman–Crippen LogP) is 2.80. The first kappa shape index (κ1) is 14.6. The van der Waals surface area contributed by atoms with E-state index in [1.54, 1.807) is 0 Å². The van der Waals surface area contributed by atoms with Crippen LogP contribution < -0.4 is 5.73 Å². The topological polar surface area (TPSA) is 34.2 Å². The number of aromatic nitrogens is 1. The van der Waals surface area contributed by atoms with Gasteiger partial charge in [-0.25, -0.2) is 0 Å². The van der Waals surface area contributed by atoms with E-state index in [1.807, 2.05) is 0 Å². The Bertz CT molecular complexity index is 455. The third-order valence-electron chi connectivity index (χ3n) is 4.70. The summed E-state index contributed by atoms with van der Waals surface area (Å²) in [6.07, 6.45) is 4.44. The van der Waals surface area contributed by atoms with E-state index in [4.69, 9.17) is 5.73 Å². The summed E-state index contributed by atoms with van der Waals surface area (Å²) in [6.45, 7) is 10.2. The van der Waals surface area contributed by atoms with Gasteiger partial charge in [-0.1, -0.05) is 13.8 Å². The average Bonchev–Trinajstić information content (AvgIpc) is 2.59. The van der Waals surface area contributed by atoms with Crippen LogP contribution in [0, 0.1) is 5.41 Å². The van der Waals surface area contributed by atoms with Gasteiger partial charge in [0, 0.05) is 30.0 Å². The molecule has 3 nitrogen and oxygen atoms in total. The number of likely N-dealkylation sites (N-methyl/N-ethyl adjacent to an activating group) is 1. The monoisotopic (exact) mass is 263 g/mol. The predicted molar refractivity (Wildman–Crippen MR) is 81.2 cm³/mol. The van der Waals surface area contributed by atoms with E-state index >= 15 is 0 Å². The van der Waals surface area contributed by atoms with E-state index in [9.17, 15) is 0 Å². The maximum Gasteiger partial charge on any atom is 0.0401 e. The van der Waals surface area contributed by atoms with Crippen molar-refractivity contribution in [3.8, 4) is 0 Å². The lowest BCUT2D eigenvalue weighted by Gasteiger charge is -2.37. The Balaban J connectivity index is 2.31. The standard InChI is InChI=1S/C16H29N3/c1-15(2)9-13(17)12-7-8-19(14(12)10-15)11-16(3,4)18(5)6/h7-8,13H,9-11,17H2,1-6H3. The van der Waals surface area contributed by atoms with Crippen LogP contribution in [-0.4, -0.2) is 29.1 Å². The molecule has 0 saturated heterocycles. The minimum atomic E-state index is 0.151. The van der Waals surface area contributed by atoms with Crippen LogP contribution in [0.25, 0.3) is 0 Å². The van der Waals surface area contributed by atoms with Crippen LogP contribution >= 0.6 is 0 Å². The Kier molecular flexibility index (Phi) is 3.56. The van der Waals surface area contributed by atoms with Crippen LogP contribution in [-0.2, 0) is 13.0 Å². The summed E-state index contributed by atoms with van der Waals surface area (Å²) in [4.78, 5) is 2.29. The van der Waals surface area contributed by atoms with Crippen molar-refractivity contribution in [2.24, 2.45) is 11.1 Å². The van der Waals surface area contributed by atoms with Crippen molar-refractivity contribution in [3.05, 3.63) is 23.5 Å². The van der Waals surface area contributed by atoms with E-state index in [1.165, 1.54) is 11.3 Å². The molecule has 3 heteroatoms. The molecule has 0 aliphatic heterocycles. The van der Waals surface area contributed by atoms with E-state index in [-0.39, 0.29) is 11.6 Å². The van der Waals surface area contributed by atoms with Crippen LogP contribution in [0.1, 0.15) is 51.4 Å². The first-order valence-corrected chi connectivity index (χ1v) is 7.23. The Labute approximate surface area is 117 Å². The summed E-state index contributed by atoms with van der Waals surface area (Å²) < 4.78 is 2.41. The second kappa shape index (κ2) is 4.64. The quantitative estimate of drug-likeness (QED) is 0.910. The van der Waals surface area contributed by atoms with Crippen molar-refractivity contribution >= 4 is 0 Å². The van der Waals surface area contributed by atoms with Crippen LogP contribution in [0.2, 0.25) is 0 Å². The van der Waals surface area contributed by atoms with Crippen molar-refractivity contribution in [2.75, 3.05) is 14.1 Å². The van der Waals surface area contributed by atoms with Crippen molar-refractivity contribution < 1.29 is 0 Å². The lowest BCUT2D eigenvalue weighted by atomic mass is 9.74. The van der Waals surface area contributed by atoms with Gasteiger partial charge in [-0.15, -0.1) is 0 Å². The zero-order chi connectivity index (χ0) is 14.4. The van der Waals surface area contributed by atoms with Crippen molar-refractivity contribution in [3.63, 3.8) is 0 Å². The van der Waals surface area contributed by atoms with Crippen LogP contribution in [0.3, 0.4) is 0 Å². The van der Waals surface area contributed by atoms with Gasteiger partial charge in [-0.3, -0.25) is 0 Å². The average molecular weight is 263 g/mol. The maximum absolute atomic E-state index is 6.34. The molecule has 0 amide bonds. The summed E-state index contributed by atoms with van der Waals surface area (Å²) in [6, 6.07) is 2.42. The molecule has 0 saturated carbocycles. The smallest absolute Gasteiger partial charge is 0.0401 e. The molecule has 1 aliphatic rings. The highest BCUT2D eigenvalue weighted by molar-refractivity contribution is 5.30. The molecule has 0 radical (unpaired) electrons. The second-order valence-electron chi connectivity index (χ2n) is 7.70. The summed E-state index contributed by atoms with van der Waals surface area (Å²) in [5, 5.41) is 0. The van der Waals surface area contributed by atoms with Gasteiger partial charge in [0.05, 0.1) is 0 Å². The van der Waals surface area contributed by atoms with Gasteiger partial charge in [0.15, 0.2) is 0 Å². The lowest BCUT2D eigenvalue weighted by molar-refractivity contribution is 0.165. The molecule has 1 aliphatic carbocycles. The molecule has 1 aromatic rings. The highest BCUT2D eigenvalue weighted by Crippen LogP contribution is 2.40. The third kappa shape index (κ3) is 2.87. The summed E-state index contributed by atoms with van der Waals surface area (Å²) in [5.41, 5.74) is 9.60. The van der Waals surface area contributed by atoms with Gasteiger partial charge in [-0.2, -0.15) is 0 Å². The van der Waals surface area contributed by atoms with E-state index in [2.05, 4.69) is 63.5 Å². The van der Waals surface area contributed by atoms with Gasteiger partial charge in [0.1, 0.15) is 0 Å². The Hall–Kier alpha value is -0.800. The molecule has 19 heavy (non-hydrogen) atoms. The molecule has 1 heterocycles. The normalized spacial score (nSPS) is 22.6. The van der Waals surface area contributed by atoms with Crippen LogP contribution in [0.4, 0.5) is 0 Å². The molecular weight excluding hydrogens is 234 g/mol. The molecule has 1 atom stereocenters. The summed E-state index contributed by atoms with van der Waals surface area (Å²) in [7, 11) is 4.29. The third-order valence-corrected chi connectivity index (χ3v) is 4.70. The fraction of sp³-hybridized carbons (Fsp3) is 0.750. The van der Waals surface area contributed by atoms with Crippen LogP contribution in [0.15, 0.2) is 12.3 Å². The molecule has 2 rings (SSSR count). The fourth-order valence-corrected chi connectivity index (χ4v) is 3.00. The minimum absolute atomic E-state index is 0.151. The lowest BCUT2D eigenvalue weighted by Crippen LogP contribution is -2.42. The van der Waals surface area contributed by atoms with Gasteiger partial charge >= 0.3 is 0 Å². The summed E-state index contributed by atoms with van der Waals surface area (Å²) in [5.74, 6) is 0. The number of hydrogen-bond acceptors (Lipinski definition) is 2. The molecular formula is C16H29N3. The minimum Gasteiger partial charge on any atom is -0.349 e. The highest BCUT2D eigenvalue weighted by Gasteiger charge is 2.33. The van der Waals surface area contributed by atoms with Crippen molar-refractivity contribution in [2.45, 2.75) is 58.7 Å². The number of nitrogens with zero attached hydrogens (tertiary/aromatic N) is 2. The molecule has 0 bridgehead atoms. The summed E-state index contributed by atoms with van der Waals surface area (Å²) >= 11 is 0. The molecule has 108 valence electrons. The first-order chi connectivity index (χ1) is 8.62. The van der Waals surface area contributed by atoms with E-state index in [0.717, 1.165) is 19.4 Å². The van der Waals surface area contributed by atoms with Gasteiger partial charge in [0.25, 0.3) is 0 Å². The molecule has 2 N–H and O–H groups in total. The number of fused-ring (bicyclic) bond motifs is 1. The molecule has 1 aromatic heterocycles. The van der Waals surface area contributed by atoms with Gasteiger partial charge in [0.2, 0.25) is 0 Å². The molecule has 0 aromatic carbocycles. The Morgan fingerprint density at radius 2 is 2.05 bits per heavy atom. The number of hydrogen-bond donors (Lipinski definition) is 1. The van der Waals surface area contributed by atoms with Crippen molar-refractivity contribution in [1.29, 1.82) is 0 Å². The molecule has 0 spiro atoms. The molecule has 0 fully saturated rings. The zero-order valence-electron chi connectivity index (χ0n) is 13.3. The Morgan fingerprint density at radius 3 is 2.63 bits per heavy atom. The van der Waals surface area contributed by atoms with Crippen LogP contribution in [0.5, 0.6) is 0 Å². The zero-order valence-corrected chi connectivity index (χ0v) is 13.3. The first-order valence-electron chi connectivity index (χ1n) is 7.23. The second-order valence-corrected chi connectivity index (χ2v) is 7.70. The van der Waals surface area contributed by atoms with Gasteiger partial charge in [-0.05, 0) is 57.8 Å². The van der Waals surface area contributed by atoms with Gasteiger partial charge < -0.3 is 15.2 Å². The van der Waals surface area contributed by atoms with E-state index in [0.29, 0.717) is 5.41 Å².